The maximum atomic E-state index is 11.9. The van der Waals surface area contributed by atoms with Crippen LogP contribution in [0.4, 0.5) is 5.69 Å². The van der Waals surface area contributed by atoms with Gasteiger partial charge in [-0.3, -0.25) is 14.6 Å². The molecule has 0 unspecified atom stereocenters. The van der Waals surface area contributed by atoms with Gasteiger partial charge in [0, 0.05) is 12.1 Å². The van der Waals surface area contributed by atoms with Gasteiger partial charge in [0.05, 0.1) is 21.3 Å². The molecule has 1 aromatic carbocycles. The molecule has 0 saturated heterocycles. The number of pyridine rings is 1. The van der Waals surface area contributed by atoms with Crippen LogP contribution in [0.15, 0.2) is 35.1 Å². The molecule has 19 heavy (non-hydrogen) atoms. The molecule has 0 saturated carbocycles. The number of benzene rings is 1. The summed E-state index contributed by atoms with van der Waals surface area (Å²) in [4.78, 5) is 25.2. The SMILES string of the molecule is O=C(Nc1c(Cl)cccc1Cl)c1cc(O)[nH]c(=O)c1. The highest BCUT2D eigenvalue weighted by molar-refractivity contribution is 6.40. The van der Waals surface area contributed by atoms with E-state index in [4.69, 9.17) is 23.2 Å². The number of aromatic nitrogens is 1. The van der Waals surface area contributed by atoms with Gasteiger partial charge in [0.25, 0.3) is 11.5 Å². The van der Waals surface area contributed by atoms with Crippen molar-refractivity contribution in [1.29, 1.82) is 0 Å². The van der Waals surface area contributed by atoms with E-state index in [2.05, 4.69) is 10.3 Å². The largest absolute Gasteiger partial charge is 0.494 e. The quantitative estimate of drug-likeness (QED) is 0.797. The zero-order chi connectivity index (χ0) is 14.0. The Morgan fingerprint density at radius 2 is 1.84 bits per heavy atom. The summed E-state index contributed by atoms with van der Waals surface area (Å²) in [6.07, 6.45) is 0. The predicted octanol–water partition coefficient (Wildman–Crippen LogP) is 2.64. The Hall–Kier alpha value is -1.98. The van der Waals surface area contributed by atoms with Gasteiger partial charge in [0.2, 0.25) is 0 Å². The number of anilines is 1. The molecule has 7 heteroatoms. The van der Waals surface area contributed by atoms with E-state index in [0.717, 1.165) is 12.1 Å². The van der Waals surface area contributed by atoms with E-state index in [1.54, 1.807) is 18.2 Å². The second-order valence-corrected chi connectivity index (χ2v) is 4.48. The van der Waals surface area contributed by atoms with Crippen molar-refractivity contribution >= 4 is 34.8 Å². The first-order valence-electron chi connectivity index (χ1n) is 5.16. The van der Waals surface area contributed by atoms with Crippen LogP contribution in [0.1, 0.15) is 10.4 Å². The number of hydrogen-bond acceptors (Lipinski definition) is 3. The average molecular weight is 299 g/mol. The number of para-hydroxylation sites is 1. The third-order valence-electron chi connectivity index (χ3n) is 2.29. The minimum Gasteiger partial charge on any atom is -0.494 e. The number of halogens is 2. The van der Waals surface area contributed by atoms with E-state index in [1.807, 2.05) is 0 Å². The number of carbonyl (C=O) groups is 1. The monoisotopic (exact) mass is 298 g/mol. The van der Waals surface area contributed by atoms with Crippen LogP contribution < -0.4 is 10.9 Å². The third-order valence-corrected chi connectivity index (χ3v) is 2.92. The lowest BCUT2D eigenvalue weighted by Gasteiger charge is -2.08. The lowest BCUT2D eigenvalue weighted by atomic mass is 10.2. The summed E-state index contributed by atoms with van der Waals surface area (Å²) in [5.41, 5.74) is -0.344. The molecule has 1 heterocycles. The highest BCUT2D eigenvalue weighted by Crippen LogP contribution is 2.30. The number of aromatic amines is 1. The van der Waals surface area contributed by atoms with Crippen LogP contribution in [0.25, 0.3) is 0 Å². The topological polar surface area (TPSA) is 82.2 Å². The first kappa shape index (κ1) is 13.5. The summed E-state index contributed by atoms with van der Waals surface area (Å²) in [6.45, 7) is 0. The fourth-order valence-electron chi connectivity index (χ4n) is 1.46. The van der Waals surface area contributed by atoms with Gasteiger partial charge in [-0.25, -0.2) is 0 Å². The lowest BCUT2D eigenvalue weighted by molar-refractivity contribution is 0.102. The van der Waals surface area contributed by atoms with Gasteiger partial charge in [-0.05, 0) is 12.1 Å². The van der Waals surface area contributed by atoms with Crippen LogP contribution in [0, 0.1) is 0 Å². The normalized spacial score (nSPS) is 10.2. The van der Waals surface area contributed by atoms with Crippen LogP contribution in [0.2, 0.25) is 10.0 Å². The molecule has 0 atom stereocenters. The average Bonchev–Trinajstić information content (AvgIpc) is 2.32. The molecule has 0 aliphatic heterocycles. The molecule has 3 N–H and O–H groups in total. The van der Waals surface area contributed by atoms with Gasteiger partial charge >= 0.3 is 0 Å². The standard InChI is InChI=1S/C12H8Cl2N2O3/c13-7-2-1-3-8(14)11(7)16-12(19)6-4-9(17)15-10(18)5-6/h1-5H,(H,16,19)(H2,15,17,18). The Morgan fingerprint density at radius 3 is 2.42 bits per heavy atom. The van der Waals surface area contributed by atoms with Crippen molar-refractivity contribution in [1.82, 2.24) is 4.98 Å². The summed E-state index contributed by atoms with van der Waals surface area (Å²) in [6, 6.07) is 6.96. The van der Waals surface area contributed by atoms with Crippen LogP contribution in [0.5, 0.6) is 5.88 Å². The van der Waals surface area contributed by atoms with E-state index in [9.17, 15) is 14.7 Å². The van der Waals surface area contributed by atoms with Crippen molar-refractivity contribution in [3.05, 3.63) is 56.3 Å². The van der Waals surface area contributed by atoms with Gasteiger partial charge in [0.15, 0.2) is 5.88 Å². The maximum absolute atomic E-state index is 11.9. The second kappa shape index (κ2) is 5.34. The van der Waals surface area contributed by atoms with E-state index in [1.165, 1.54) is 0 Å². The minimum atomic E-state index is -0.601. The van der Waals surface area contributed by atoms with E-state index >= 15 is 0 Å². The second-order valence-electron chi connectivity index (χ2n) is 3.67. The minimum absolute atomic E-state index is 0.00256. The maximum Gasteiger partial charge on any atom is 0.256 e. The number of nitrogens with one attached hydrogen (secondary N) is 2. The fourth-order valence-corrected chi connectivity index (χ4v) is 1.95. The van der Waals surface area contributed by atoms with Gasteiger partial charge in [0.1, 0.15) is 0 Å². The molecule has 5 nitrogen and oxygen atoms in total. The number of amides is 1. The molecule has 0 aliphatic rings. The Morgan fingerprint density at radius 1 is 1.21 bits per heavy atom. The number of aromatic hydroxyl groups is 1. The first-order valence-corrected chi connectivity index (χ1v) is 5.91. The molecule has 0 fully saturated rings. The summed E-state index contributed by atoms with van der Waals surface area (Å²) in [7, 11) is 0. The Kier molecular flexibility index (Phi) is 3.78. The Labute approximate surface area is 117 Å². The van der Waals surface area contributed by atoms with Crippen molar-refractivity contribution in [2.24, 2.45) is 0 Å². The molecule has 98 valence electrons. The van der Waals surface area contributed by atoms with Gasteiger partial charge in [-0.2, -0.15) is 0 Å². The van der Waals surface area contributed by atoms with E-state index < -0.39 is 17.3 Å². The Balaban J connectivity index is 2.33. The number of carbonyl (C=O) groups excluding carboxylic acids is 1. The molecule has 1 aromatic heterocycles. The van der Waals surface area contributed by atoms with Gasteiger partial charge in [-0.1, -0.05) is 29.3 Å². The van der Waals surface area contributed by atoms with Crippen LogP contribution in [-0.2, 0) is 0 Å². The summed E-state index contributed by atoms with van der Waals surface area (Å²) in [5.74, 6) is -1.00. The van der Waals surface area contributed by atoms with Gasteiger partial charge in [-0.15, -0.1) is 0 Å². The molecule has 2 rings (SSSR count). The summed E-state index contributed by atoms with van der Waals surface area (Å²) >= 11 is 11.8. The molecular weight excluding hydrogens is 291 g/mol. The smallest absolute Gasteiger partial charge is 0.256 e. The van der Waals surface area contributed by atoms with Crippen molar-refractivity contribution in [3.63, 3.8) is 0 Å². The van der Waals surface area contributed by atoms with Crippen molar-refractivity contribution < 1.29 is 9.90 Å². The fraction of sp³-hybridized carbons (Fsp3) is 0. The molecule has 0 aliphatic carbocycles. The van der Waals surface area contributed by atoms with Crippen molar-refractivity contribution in [3.8, 4) is 5.88 Å². The predicted molar refractivity (Wildman–Crippen MR) is 73.1 cm³/mol. The summed E-state index contributed by atoms with van der Waals surface area (Å²) in [5, 5.41) is 12.3. The molecular formula is C12H8Cl2N2O3. The highest BCUT2D eigenvalue weighted by Gasteiger charge is 2.12. The molecule has 0 spiro atoms. The zero-order valence-corrected chi connectivity index (χ0v) is 10.9. The zero-order valence-electron chi connectivity index (χ0n) is 9.41. The number of rotatable bonds is 2. The number of hydrogen-bond donors (Lipinski definition) is 3. The highest BCUT2D eigenvalue weighted by atomic mass is 35.5. The van der Waals surface area contributed by atoms with Crippen LogP contribution in [0.3, 0.4) is 0 Å². The van der Waals surface area contributed by atoms with Crippen molar-refractivity contribution in [2.45, 2.75) is 0 Å². The molecule has 2 aromatic rings. The van der Waals surface area contributed by atoms with E-state index in [-0.39, 0.29) is 21.3 Å². The van der Waals surface area contributed by atoms with Crippen LogP contribution in [-0.4, -0.2) is 16.0 Å². The van der Waals surface area contributed by atoms with Gasteiger partial charge < -0.3 is 10.4 Å². The third kappa shape index (κ3) is 3.07. The number of H-pyrrole nitrogens is 1. The first-order chi connectivity index (χ1) is 8.97. The molecule has 0 radical (unpaired) electrons. The van der Waals surface area contributed by atoms with E-state index in [0.29, 0.717) is 0 Å². The van der Waals surface area contributed by atoms with Crippen molar-refractivity contribution in [2.75, 3.05) is 5.32 Å². The van der Waals surface area contributed by atoms with Crippen LogP contribution >= 0.6 is 23.2 Å². The Bertz CT molecular complexity index is 677. The summed E-state index contributed by atoms with van der Waals surface area (Å²) < 4.78 is 0. The molecule has 1 amide bonds. The lowest BCUT2D eigenvalue weighted by Crippen LogP contribution is -2.16. The molecule has 0 bridgehead atoms.